The smallest absolute Gasteiger partial charge is 0.254 e. The van der Waals surface area contributed by atoms with Crippen molar-refractivity contribution in [3.05, 3.63) is 82.9 Å². The number of anilines is 2. The van der Waals surface area contributed by atoms with E-state index in [1.165, 1.54) is 24.5 Å². The van der Waals surface area contributed by atoms with E-state index < -0.39 is 0 Å². The Labute approximate surface area is 148 Å². The zero-order chi connectivity index (χ0) is 17.6. The molecule has 126 valence electrons. The number of rotatable bonds is 5. The Hall–Kier alpha value is -2.99. The van der Waals surface area contributed by atoms with Gasteiger partial charge in [-0.2, -0.15) is 0 Å². The van der Waals surface area contributed by atoms with Gasteiger partial charge in [0.25, 0.3) is 5.91 Å². The highest BCUT2D eigenvalue weighted by atomic mass is 35.5. The summed E-state index contributed by atoms with van der Waals surface area (Å²) in [6.07, 6.45) is 2.80. The molecule has 1 aromatic heterocycles. The van der Waals surface area contributed by atoms with Gasteiger partial charge in [0.1, 0.15) is 5.82 Å². The molecule has 25 heavy (non-hydrogen) atoms. The van der Waals surface area contributed by atoms with Gasteiger partial charge in [-0.15, -0.1) is 0 Å². The summed E-state index contributed by atoms with van der Waals surface area (Å²) in [5.41, 5.74) is 1.66. The second-order valence-corrected chi connectivity index (χ2v) is 5.61. The molecule has 0 saturated carbocycles. The van der Waals surface area contributed by atoms with Crippen LogP contribution in [0.5, 0.6) is 0 Å². The normalized spacial score (nSPS) is 10.3. The van der Waals surface area contributed by atoms with Crippen molar-refractivity contribution < 1.29 is 9.18 Å². The van der Waals surface area contributed by atoms with Gasteiger partial charge >= 0.3 is 0 Å². The molecule has 3 aromatic rings. The predicted molar refractivity (Wildman–Crippen MR) is 94.3 cm³/mol. The highest BCUT2D eigenvalue weighted by Crippen LogP contribution is 2.15. The summed E-state index contributed by atoms with van der Waals surface area (Å²) in [5, 5.41) is 6.22. The average molecular weight is 357 g/mol. The fourth-order valence-corrected chi connectivity index (χ4v) is 2.33. The Balaban J connectivity index is 1.61. The van der Waals surface area contributed by atoms with E-state index in [0.717, 1.165) is 5.56 Å². The molecule has 1 amide bonds. The van der Waals surface area contributed by atoms with Gasteiger partial charge in [-0.1, -0.05) is 35.9 Å². The van der Waals surface area contributed by atoms with Crippen LogP contribution >= 0.6 is 11.6 Å². The predicted octanol–water partition coefficient (Wildman–Crippen LogP) is 3.94. The van der Waals surface area contributed by atoms with Crippen LogP contribution in [0, 0.1) is 5.82 Å². The maximum Gasteiger partial charge on any atom is 0.254 e. The van der Waals surface area contributed by atoms with Gasteiger partial charge in [0.15, 0.2) is 0 Å². The fraction of sp³-hybridized carbons (Fsp3) is 0.0556. The lowest BCUT2D eigenvalue weighted by molar-refractivity contribution is 0.0950. The number of amides is 1. The van der Waals surface area contributed by atoms with Crippen LogP contribution in [-0.4, -0.2) is 15.9 Å². The van der Waals surface area contributed by atoms with Crippen LogP contribution in [0.3, 0.4) is 0 Å². The number of carbonyl (C=O) groups is 1. The quantitative estimate of drug-likeness (QED) is 0.726. The molecule has 3 rings (SSSR count). The first kappa shape index (κ1) is 16.9. The molecular formula is C18H14ClFN4O. The Morgan fingerprint density at radius 2 is 1.84 bits per heavy atom. The molecule has 0 aliphatic heterocycles. The van der Waals surface area contributed by atoms with Crippen molar-refractivity contribution in [1.82, 2.24) is 15.3 Å². The third kappa shape index (κ3) is 4.51. The largest absolute Gasteiger partial charge is 0.348 e. The molecule has 0 bridgehead atoms. The van der Waals surface area contributed by atoms with Crippen molar-refractivity contribution >= 4 is 29.1 Å². The van der Waals surface area contributed by atoms with Crippen molar-refractivity contribution in [2.75, 3.05) is 5.32 Å². The second-order valence-electron chi connectivity index (χ2n) is 5.20. The minimum absolute atomic E-state index is 0.272. The van der Waals surface area contributed by atoms with Crippen LogP contribution in [-0.2, 0) is 6.54 Å². The van der Waals surface area contributed by atoms with E-state index in [-0.39, 0.29) is 17.7 Å². The average Bonchev–Trinajstić information content (AvgIpc) is 2.61. The molecule has 0 radical (unpaired) electrons. The van der Waals surface area contributed by atoms with E-state index in [0.29, 0.717) is 22.8 Å². The molecule has 0 atom stereocenters. The number of nitrogens with one attached hydrogen (secondary N) is 2. The number of carbonyl (C=O) groups excluding carboxylic acids is 1. The standard InChI is InChI=1S/C18H14ClFN4O/c19-16-7-2-1-4-12(16)9-21-17(25)13-10-22-18(23-11-13)24-15-6-3-5-14(20)8-15/h1-8,10-11H,9H2,(H,21,25)(H,22,23,24). The number of nitrogens with zero attached hydrogens (tertiary/aromatic N) is 2. The van der Waals surface area contributed by atoms with Crippen LogP contribution in [0.15, 0.2) is 60.9 Å². The summed E-state index contributed by atoms with van der Waals surface area (Å²) in [6, 6.07) is 13.2. The summed E-state index contributed by atoms with van der Waals surface area (Å²) in [7, 11) is 0. The Kier molecular flexibility index (Phi) is 5.20. The summed E-state index contributed by atoms with van der Waals surface area (Å²) in [6.45, 7) is 0.307. The summed E-state index contributed by atoms with van der Waals surface area (Å²) >= 11 is 6.05. The lowest BCUT2D eigenvalue weighted by Gasteiger charge is -2.08. The lowest BCUT2D eigenvalue weighted by atomic mass is 10.2. The van der Waals surface area contributed by atoms with Crippen molar-refractivity contribution in [2.24, 2.45) is 0 Å². The molecular weight excluding hydrogens is 343 g/mol. The zero-order valence-corrected chi connectivity index (χ0v) is 13.8. The van der Waals surface area contributed by atoms with E-state index in [1.807, 2.05) is 18.2 Å². The third-order valence-corrected chi connectivity index (χ3v) is 3.76. The van der Waals surface area contributed by atoms with Crippen molar-refractivity contribution in [1.29, 1.82) is 0 Å². The van der Waals surface area contributed by atoms with Crippen LogP contribution in [0.4, 0.5) is 16.0 Å². The summed E-state index contributed by atoms with van der Waals surface area (Å²) in [5.74, 6) is -0.397. The molecule has 7 heteroatoms. The van der Waals surface area contributed by atoms with Crippen LogP contribution in [0.2, 0.25) is 5.02 Å². The molecule has 1 heterocycles. The number of hydrogen-bond acceptors (Lipinski definition) is 4. The number of hydrogen-bond donors (Lipinski definition) is 2. The zero-order valence-electron chi connectivity index (χ0n) is 13.0. The highest BCUT2D eigenvalue weighted by Gasteiger charge is 2.08. The first-order valence-electron chi connectivity index (χ1n) is 7.48. The van der Waals surface area contributed by atoms with Crippen LogP contribution in [0.1, 0.15) is 15.9 Å². The summed E-state index contributed by atoms with van der Waals surface area (Å²) < 4.78 is 13.1. The molecule has 0 spiro atoms. The van der Waals surface area contributed by atoms with Crippen LogP contribution < -0.4 is 10.6 Å². The maximum absolute atomic E-state index is 13.1. The van der Waals surface area contributed by atoms with Crippen molar-refractivity contribution in [3.8, 4) is 0 Å². The third-order valence-electron chi connectivity index (χ3n) is 3.39. The molecule has 2 N–H and O–H groups in total. The maximum atomic E-state index is 13.1. The van der Waals surface area contributed by atoms with Gasteiger partial charge in [0.2, 0.25) is 5.95 Å². The first-order chi connectivity index (χ1) is 12.1. The van der Waals surface area contributed by atoms with Gasteiger partial charge in [0.05, 0.1) is 5.56 Å². The topological polar surface area (TPSA) is 66.9 Å². The van der Waals surface area contributed by atoms with Gasteiger partial charge in [-0.05, 0) is 29.8 Å². The minimum Gasteiger partial charge on any atom is -0.348 e. The van der Waals surface area contributed by atoms with Crippen LogP contribution in [0.25, 0.3) is 0 Å². The van der Waals surface area contributed by atoms with E-state index in [4.69, 9.17) is 11.6 Å². The van der Waals surface area contributed by atoms with E-state index in [9.17, 15) is 9.18 Å². The summed E-state index contributed by atoms with van der Waals surface area (Å²) in [4.78, 5) is 20.3. The Morgan fingerprint density at radius 1 is 1.08 bits per heavy atom. The second kappa shape index (κ2) is 7.72. The minimum atomic E-state index is -0.361. The van der Waals surface area contributed by atoms with Gasteiger partial charge in [-0.25, -0.2) is 14.4 Å². The SMILES string of the molecule is O=C(NCc1ccccc1Cl)c1cnc(Nc2cccc(F)c2)nc1. The van der Waals surface area contributed by atoms with Gasteiger partial charge in [-0.3, -0.25) is 4.79 Å². The van der Waals surface area contributed by atoms with Gasteiger partial charge < -0.3 is 10.6 Å². The first-order valence-corrected chi connectivity index (χ1v) is 7.86. The van der Waals surface area contributed by atoms with E-state index in [1.54, 1.807) is 18.2 Å². The molecule has 0 fully saturated rings. The van der Waals surface area contributed by atoms with Gasteiger partial charge in [0, 0.05) is 29.6 Å². The number of aromatic nitrogens is 2. The van der Waals surface area contributed by atoms with Crippen molar-refractivity contribution in [2.45, 2.75) is 6.54 Å². The van der Waals surface area contributed by atoms with E-state index in [2.05, 4.69) is 20.6 Å². The Bertz CT molecular complexity index is 886. The molecule has 0 aliphatic carbocycles. The van der Waals surface area contributed by atoms with Crippen molar-refractivity contribution in [3.63, 3.8) is 0 Å². The molecule has 0 unspecified atom stereocenters. The molecule has 0 saturated heterocycles. The molecule has 0 aliphatic rings. The Morgan fingerprint density at radius 3 is 2.56 bits per heavy atom. The number of benzene rings is 2. The molecule has 2 aromatic carbocycles. The lowest BCUT2D eigenvalue weighted by Crippen LogP contribution is -2.23. The highest BCUT2D eigenvalue weighted by molar-refractivity contribution is 6.31. The number of halogens is 2. The fourth-order valence-electron chi connectivity index (χ4n) is 2.12. The monoisotopic (exact) mass is 356 g/mol. The molecule has 5 nitrogen and oxygen atoms in total. The van der Waals surface area contributed by atoms with E-state index >= 15 is 0 Å².